The molecule has 0 unspecified atom stereocenters. The Bertz CT molecular complexity index is 402. The van der Waals surface area contributed by atoms with Crippen molar-refractivity contribution in [2.24, 2.45) is 0 Å². The molecule has 0 aromatic heterocycles. The number of thioether (sulfide) groups is 1. The molecule has 1 amide bonds. The van der Waals surface area contributed by atoms with Crippen LogP contribution in [0, 0.1) is 0 Å². The summed E-state index contributed by atoms with van der Waals surface area (Å²) in [5.74, 6) is 1.53. The molecule has 0 heterocycles. The SMILES string of the molecule is Nc1cc(Cl)ccc1NC(=O)CCSCCCO. The Morgan fingerprint density at radius 3 is 2.89 bits per heavy atom. The van der Waals surface area contributed by atoms with Crippen molar-refractivity contribution in [2.45, 2.75) is 12.8 Å². The van der Waals surface area contributed by atoms with Crippen molar-refractivity contribution in [1.29, 1.82) is 0 Å². The van der Waals surface area contributed by atoms with Gasteiger partial charge in [-0.1, -0.05) is 11.6 Å². The van der Waals surface area contributed by atoms with E-state index >= 15 is 0 Å². The summed E-state index contributed by atoms with van der Waals surface area (Å²) in [7, 11) is 0. The lowest BCUT2D eigenvalue weighted by molar-refractivity contribution is -0.115. The normalized spacial score (nSPS) is 10.3. The fraction of sp³-hybridized carbons (Fsp3) is 0.417. The summed E-state index contributed by atoms with van der Waals surface area (Å²) in [5.41, 5.74) is 6.78. The molecule has 6 heteroatoms. The molecule has 0 spiro atoms. The summed E-state index contributed by atoms with van der Waals surface area (Å²) in [5, 5.41) is 11.9. The maximum absolute atomic E-state index is 11.6. The number of nitrogens with two attached hydrogens (primary N) is 1. The number of nitrogen functional groups attached to an aromatic ring is 1. The predicted molar refractivity (Wildman–Crippen MR) is 78.1 cm³/mol. The van der Waals surface area contributed by atoms with Crippen molar-refractivity contribution < 1.29 is 9.90 Å². The van der Waals surface area contributed by atoms with Gasteiger partial charge >= 0.3 is 0 Å². The van der Waals surface area contributed by atoms with Crippen LogP contribution in [0.25, 0.3) is 0 Å². The molecule has 0 bridgehead atoms. The van der Waals surface area contributed by atoms with Crippen LogP contribution < -0.4 is 11.1 Å². The molecule has 0 aliphatic rings. The van der Waals surface area contributed by atoms with E-state index < -0.39 is 0 Å². The Morgan fingerprint density at radius 2 is 2.22 bits per heavy atom. The molecule has 100 valence electrons. The van der Waals surface area contributed by atoms with Crippen molar-refractivity contribution in [1.82, 2.24) is 0 Å². The van der Waals surface area contributed by atoms with Gasteiger partial charge in [-0.15, -0.1) is 0 Å². The lowest BCUT2D eigenvalue weighted by Crippen LogP contribution is -2.13. The molecule has 0 fully saturated rings. The number of carbonyl (C=O) groups excluding carboxylic acids is 1. The smallest absolute Gasteiger partial charge is 0.225 e. The molecule has 18 heavy (non-hydrogen) atoms. The number of anilines is 2. The van der Waals surface area contributed by atoms with E-state index in [1.165, 1.54) is 0 Å². The molecule has 0 saturated carbocycles. The van der Waals surface area contributed by atoms with Gasteiger partial charge in [-0.3, -0.25) is 4.79 Å². The van der Waals surface area contributed by atoms with Gasteiger partial charge in [-0.2, -0.15) is 11.8 Å². The minimum absolute atomic E-state index is 0.0690. The van der Waals surface area contributed by atoms with Gasteiger partial charge in [0.15, 0.2) is 0 Å². The number of hydrogen-bond acceptors (Lipinski definition) is 4. The van der Waals surface area contributed by atoms with Crippen LogP contribution in [-0.4, -0.2) is 29.1 Å². The first-order chi connectivity index (χ1) is 8.63. The number of aliphatic hydroxyl groups is 1. The average Bonchev–Trinajstić information content (AvgIpc) is 2.32. The molecule has 0 aliphatic carbocycles. The Kier molecular flexibility index (Phi) is 6.93. The molecule has 0 radical (unpaired) electrons. The highest BCUT2D eigenvalue weighted by Crippen LogP contribution is 2.22. The molecule has 0 aliphatic heterocycles. The number of nitrogens with one attached hydrogen (secondary N) is 1. The van der Waals surface area contributed by atoms with E-state index in [1.807, 2.05) is 0 Å². The summed E-state index contributed by atoms with van der Waals surface area (Å²) < 4.78 is 0. The zero-order valence-electron chi connectivity index (χ0n) is 9.99. The summed E-state index contributed by atoms with van der Waals surface area (Å²) in [6.45, 7) is 0.195. The number of benzene rings is 1. The third-order valence-electron chi connectivity index (χ3n) is 2.21. The van der Waals surface area contributed by atoms with Gasteiger partial charge < -0.3 is 16.2 Å². The van der Waals surface area contributed by atoms with E-state index in [1.54, 1.807) is 30.0 Å². The van der Waals surface area contributed by atoms with Crippen molar-refractivity contribution >= 4 is 40.6 Å². The highest BCUT2D eigenvalue weighted by molar-refractivity contribution is 7.99. The third-order valence-corrected chi connectivity index (χ3v) is 3.51. The standard InChI is InChI=1S/C12H17ClN2O2S/c13-9-2-3-11(10(14)8-9)15-12(17)4-7-18-6-1-5-16/h2-3,8,16H,1,4-7,14H2,(H,15,17). The summed E-state index contributed by atoms with van der Waals surface area (Å²) in [6.07, 6.45) is 1.19. The van der Waals surface area contributed by atoms with Crippen molar-refractivity contribution in [3.05, 3.63) is 23.2 Å². The Morgan fingerprint density at radius 1 is 1.44 bits per heavy atom. The number of carbonyl (C=O) groups is 1. The monoisotopic (exact) mass is 288 g/mol. The summed E-state index contributed by atoms with van der Waals surface area (Å²) in [6, 6.07) is 4.98. The zero-order chi connectivity index (χ0) is 13.4. The highest BCUT2D eigenvalue weighted by atomic mass is 35.5. The van der Waals surface area contributed by atoms with Crippen LogP contribution in [0.3, 0.4) is 0 Å². The van der Waals surface area contributed by atoms with Gasteiger partial charge in [0.2, 0.25) is 5.91 Å². The van der Waals surface area contributed by atoms with Gasteiger partial charge in [0.1, 0.15) is 0 Å². The molecule has 4 nitrogen and oxygen atoms in total. The molecule has 0 atom stereocenters. The van der Waals surface area contributed by atoms with Gasteiger partial charge in [0.05, 0.1) is 11.4 Å². The first kappa shape index (κ1) is 15.1. The first-order valence-corrected chi connectivity index (χ1v) is 7.20. The summed E-state index contributed by atoms with van der Waals surface area (Å²) >= 11 is 7.42. The summed E-state index contributed by atoms with van der Waals surface area (Å²) in [4.78, 5) is 11.6. The van der Waals surface area contributed by atoms with E-state index in [-0.39, 0.29) is 12.5 Å². The Hall–Kier alpha value is -0.910. The van der Waals surface area contributed by atoms with Gasteiger partial charge in [0.25, 0.3) is 0 Å². The fourth-order valence-corrected chi connectivity index (χ4v) is 2.34. The number of aliphatic hydroxyl groups excluding tert-OH is 1. The first-order valence-electron chi connectivity index (χ1n) is 5.67. The Labute approximate surface area is 116 Å². The number of rotatable bonds is 7. The minimum atomic E-state index is -0.0690. The molecule has 1 aromatic carbocycles. The van der Waals surface area contributed by atoms with Crippen molar-refractivity contribution in [2.75, 3.05) is 29.2 Å². The predicted octanol–water partition coefficient (Wildman–Crippen LogP) is 2.37. The Balaban J connectivity index is 2.31. The number of hydrogen-bond donors (Lipinski definition) is 3. The molecular weight excluding hydrogens is 272 g/mol. The lowest BCUT2D eigenvalue weighted by Gasteiger charge is -2.08. The molecule has 0 saturated heterocycles. The quantitative estimate of drug-likeness (QED) is 0.532. The van der Waals surface area contributed by atoms with Gasteiger partial charge in [0, 0.05) is 23.8 Å². The molecule has 1 rings (SSSR count). The largest absolute Gasteiger partial charge is 0.397 e. The second-order valence-electron chi connectivity index (χ2n) is 3.72. The third kappa shape index (κ3) is 5.62. The maximum Gasteiger partial charge on any atom is 0.225 e. The van der Waals surface area contributed by atoms with Crippen LogP contribution in [-0.2, 0) is 4.79 Å². The topological polar surface area (TPSA) is 75.3 Å². The van der Waals surface area contributed by atoms with E-state index in [9.17, 15) is 4.79 Å². The van der Waals surface area contributed by atoms with E-state index in [0.717, 1.165) is 17.9 Å². The maximum atomic E-state index is 11.6. The lowest BCUT2D eigenvalue weighted by atomic mass is 10.2. The number of halogens is 1. The van der Waals surface area contributed by atoms with Crippen molar-refractivity contribution in [3.8, 4) is 0 Å². The second-order valence-corrected chi connectivity index (χ2v) is 5.38. The van der Waals surface area contributed by atoms with E-state index in [2.05, 4.69) is 5.32 Å². The van der Waals surface area contributed by atoms with Crippen molar-refractivity contribution in [3.63, 3.8) is 0 Å². The van der Waals surface area contributed by atoms with Crippen LogP contribution in [0.5, 0.6) is 0 Å². The van der Waals surface area contributed by atoms with E-state index in [4.69, 9.17) is 22.4 Å². The average molecular weight is 289 g/mol. The van der Waals surface area contributed by atoms with Crippen LogP contribution in [0.15, 0.2) is 18.2 Å². The molecule has 4 N–H and O–H groups in total. The molecular formula is C12H17ClN2O2S. The molecule has 1 aromatic rings. The van der Waals surface area contributed by atoms with Gasteiger partial charge in [-0.05, 0) is 30.4 Å². The fourth-order valence-electron chi connectivity index (χ4n) is 1.29. The van der Waals surface area contributed by atoms with Crippen LogP contribution >= 0.6 is 23.4 Å². The minimum Gasteiger partial charge on any atom is -0.397 e. The zero-order valence-corrected chi connectivity index (χ0v) is 11.6. The van der Waals surface area contributed by atoms with Gasteiger partial charge in [-0.25, -0.2) is 0 Å². The van der Waals surface area contributed by atoms with Crippen LogP contribution in [0.1, 0.15) is 12.8 Å². The second kappa shape index (κ2) is 8.24. The van der Waals surface area contributed by atoms with Crippen LogP contribution in [0.2, 0.25) is 5.02 Å². The number of amides is 1. The van der Waals surface area contributed by atoms with Crippen LogP contribution in [0.4, 0.5) is 11.4 Å². The van der Waals surface area contributed by atoms with E-state index in [0.29, 0.717) is 22.8 Å². The highest BCUT2D eigenvalue weighted by Gasteiger charge is 2.05.